The molecule has 1 atom stereocenters. The Kier molecular flexibility index (Phi) is 3.21. The minimum atomic E-state index is -0.569. The van der Waals surface area contributed by atoms with Gasteiger partial charge in [0.2, 0.25) is 0 Å². The molecular formula is C8H11ClN2OS2. The van der Waals surface area contributed by atoms with E-state index in [-0.39, 0.29) is 0 Å². The number of aliphatic hydroxyl groups is 1. The first-order valence-electron chi connectivity index (χ1n) is 4.33. The van der Waals surface area contributed by atoms with Crippen molar-refractivity contribution >= 4 is 40.5 Å². The van der Waals surface area contributed by atoms with Crippen molar-refractivity contribution in [3.05, 3.63) is 9.85 Å². The monoisotopic (exact) mass is 250 g/mol. The highest BCUT2D eigenvalue weighted by molar-refractivity contribution is 7.99. The van der Waals surface area contributed by atoms with Crippen LogP contribution in [-0.2, 0) is 0 Å². The predicted octanol–water partition coefficient (Wildman–Crippen LogP) is 2.08. The number of thiazole rings is 1. The molecule has 1 aliphatic rings. The lowest BCUT2D eigenvalue weighted by molar-refractivity contribution is 0.0819. The summed E-state index contributed by atoms with van der Waals surface area (Å²) in [6, 6.07) is 0. The lowest BCUT2D eigenvalue weighted by atomic mass is 10.0. The largest absolute Gasteiger partial charge is 0.387 e. The number of nitrogens with zero attached hydrogens (tertiary/aromatic N) is 1. The number of rotatable bonds is 3. The van der Waals surface area contributed by atoms with Gasteiger partial charge in [-0.2, -0.15) is 11.8 Å². The van der Waals surface area contributed by atoms with Crippen LogP contribution in [0.4, 0.5) is 5.82 Å². The Balaban J connectivity index is 1.87. The van der Waals surface area contributed by atoms with E-state index in [1.807, 2.05) is 5.38 Å². The third kappa shape index (κ3) is 2.53. The maximum Gasteiger partial charge on any atom is 0.185 e. The Morgan fingerprint density at radius 1 is 1.71 bits per heavy atom. The lowest BCUT2D eigenvalue weighted by Gasteiger charge is -2.21. The molecule has 0 radical (unpaired) electrons. The van der Waals surface area contributed by atoms with Crippen LogP contribution in [0.2, 0.25) is 4.47 Å². The Labute approximate surface area is 95.9 Å². The quantitative estimate of drug-likeness (QED) is 0.862. The van der Waals surface area contributed by atoms with E-state index in [0.29, 0.717) is 11.0 Å². The van der Waals surface area contributed by atoms with Crippen LogP contribution < -0.4 is 5.32 Å². The summed E-state index contributed by atoms with van der Waals surface area (Å²) in [5.41, 5.74) is -0.569. The summed E-state index contributed by atoms with van der Waals surface area (Å²) in [4.78, 5) is 4.06. The van der Waals surface area contributed by atoms with Crippen molar-refractivity contribution in [1.82, 2.24) is 4.98 Å². The van der Waals surface area contributed by atoms with E-state index in [0.717, 1.165) is 23.7 Å². The molecule has 1 saturated heterocycles. The second kappa shape index (κ2) is 4.26. The van der Waals surface area contributed by atoms with Crippen LogP contribution in [0.1, 0.15) is 6.42 Å². The summed E-state index contributed by atoms with van der Waals surface area (Å²) in [5, 5.41) is 15.0. The molecule has 0 saturated carbocycles. The van der Waals surface area contributed by atoms with Crippen molar-refractivity contribution in [2.24, 2.45) is 0 Å². The SMILES string of the molecule is OC1(CNc2csc(Cl)n2)CCSC1. The topological polar surface area (TPSA) is 45.1 Å². The van der Waals surface area contributed by atoms with Gasteiger partial charge in [0.15, 0.2) is 4.47 Å². The first kappa shape index (κ1) is 10.5. The third-order valence-electron chi connectivity index (χ3n) is 2.16. The van der Waals surface area contributed by atoms with Gasteiger partial charge in [-0.15, -0.1) is 11.3 Å². The second-order valence-electron chi connectivity index (χ2n) is 3.37. The second-order valence-corrected chi connectivity index (χ2v) is 5.91. The van der Waals surface area contributed by atoms with Gasteiger partial charge in [0.25, 0.3) is 0 Å². The molecule has 0 aliphatic carbocycles. The van der Waals surface area contributed by atoms with Crippen molar-refractivity contribution in [2.75, 3.05) is 23.4 Å². The fourth-order valence-corrected chi connectivity index (χ4v) is 3.34. The molecule has 1 unspecified atom stereocenters. The molecule has 0 aromatic carbocycles. The third-order valence-corrected chi connectivity index (χ3v) is 4.37. The minimum Gasteiger partial charge on any atom is -0.387 e. The summed E-state index contributed by atoms with van der Waals surface area (Å²) < 4.78 is 0.528. The van der Waals surface area contributed by atoms with Crippen LogP contribution in [0.15, 0.2) is 5.38 Å². The summed E-state index contributed by atoms with van der Waals surface area (Å²) >= 11 is 8.87. The molecular weight excluding hydrogens is 240 g/mol. The number of nitrogens with one attached hydrogen (secondary N) is 1. The van der Waals surface area contributed by atoms with Gasteiger partial charge >= 0.3 is 0 Å². The summed E-state index contributed by atoms with van der Waals surface area (Å²) in [7, 11) is 0. The van der Waals surface area contributed by atoms with E-state index in [9.17, 15) is 5.11 Å². The fourth-order valence-electron chi connectivity index (χ4n) is 1.32. The molecule has 3 nitrogen and oxygen atoms in total. The van der Waals surface area contributed by atoms with E-state index in [2.05, 4.69) is 10.3 Å². The Bertz CT molecular complexity index is 312. The van der Waals surface area contributed by atoms with Crippen molar-refractivity contribution < 1.29 is 5.11 Å². The summed E-state index contributed by atoms with van der Waals surface area (Å²) in [6.07, 6.45) is 0.850. The van der Waals surface area contributed by atoms with Crippen LogP contribution in [0.25, 0.3) is 0 Å². The van der Waals surface area contributed by atoms with Crippen molar-refractivity contribution in [1.29, 1.82) is 0 Å². The minimum absolute atomic E-state index is 0.528. The molecule has 1 aliphatic heterocycles. The Morgan fingerprint density at radius 3 is 3.14 bits per heavy atom. The number of hydrogen-bond donors (Lipinski definition) is 2. The summed E-state index contributed by atoms with van der Waals surface area (Å²) in [6.45, 7) is 0.556. The Morgan fingerprint density at radius 2 is 2.57 bits per heavy atom. The maximum absolute atomic E-state index is 10.0. The molecule has 1 aromatic rings. The number of anilines is 1. The van der Waals surface area contributed by atoms with Crippen LogP contribution in [0.3, 0.4) is 0 Å². The standard InChI is InChI=1S/C8H11ClN2OS2/c9-7-11-6(3-14-7)10-4-8(12)1-2-13-5-8/h3,10,12H,1-2,4-5H2. The van der Waals surface area contributed by atoms with Crippen molar-refractivity contribution in [2.45, 2.75) is 12.0 Å². The zero-order valence-corrected chi connectivity index (χ0v) is 9.88. The number of hydrogen-bond acceptors (Lipinski definition) is 5. The fraction of sp³-hybridized carbons (Fsp3) is 0.625. The van der Waals surface area contributed by atoms with Gasteiger partial charge in [-0.1, -0.05) is 11.6 Å². The van der Waals surface area contributed by atoms with Crippen LogP contribution in [0, 0.1) is 0 Å². The smallest absolute Gasteiger partial charge is 0.185 e. The van der Waals surface area contributed by atoms with Gasteiger partial charge in [0.05, 0.1) is 5.60 Å². The molecule has 2 heterocycles. The van der Waals surface area contributed by atoms with Crippen LogP contribution >= 0.6 is 34.7 Å². The van der Waals surface area contributed by atoms with Crippen molar-refractivity contribution in [3.63, 3.8) is 0 Å². The highest BCUT2D eigenvalue weighted by atomic mass is 35.5. The first-order chi connectivity index (χ1) is 6.68. The van der Waals surface area contributed by atoms with E-state index in [1.165, 1.54) is 11.3 Å². The lowest BCUT2D eigenvalue weighted by Crippen LogP contribution is -2.36. The highest BCUT2D eigenvalue weighted by Crippen LogP contribution is 2.28. The molecule has 1 fully saturated rings. The van der Waals surface area contributed by atoms with Crippen LogP contribution in [-0.4, -0.2) is 33.7 Å². The van der Waals surface area contributed by atoms with Gasteiger partial charge in [0, 0.05) is 17.7 Å². The van der Waals surface area contributed by atoms with Gasteiger partial charge in [-0.3, -0.25) is 0 Å². The molecule has 0 amide bonds. The van der Waals surface area contributed by atoms with E-state index in [1.54, 1.807) is 11.8 Å². The van der Waals surface area contributed by atoms with E-state index in [4.69, 9.17) is 11.6 Å². The van der Waals surface area contributed by atoms with Crippen molar-refractivity contribution in [3.8, 4) is 0 Å². The predicted molar refractivity (Wildman–Crippen MR) is 62.5 cm³/mol. The molecule has 6 heteroatoms. The van der Waals surface area contributed by atoms with Gasteiger partial charge < -0.3 is 10.4 Å². The normalized spacial score (nSPS) is 26.7. The first-order valence-corrected chi connectivity index (χ1v) is 6.74. The molecule has 2 N–H and O–H groups in total. The zero-order chi connectivity index (χ0) is 10.0. The van der Waals surface area contributed by atoms with E-state index >= 15 is 0 Å². The van der Waals surface area contributed by atoms with Crippen LogP contribution in [0.5, 0.6) is 0 Å². The van der Waals surface area contributed by atoms with Gasteiger partial charge in [0.1, 0.15) is 5.82 Å². The van der Waals surface area contributed by atoms with E-state index < -0.39 is 5.60 Å². The molecule has 78 valence electrons. The molecule has 0 spiro atoms. The zero-order valence-electron chi connectivity index (χ0n) is 7.49. The molecule has 1 aromatic heterocycles. The Hall–Kier alpha value is 0.0300. The maximum atomic E-state index is 10.0. The van der Waals surface area contributed by atoms with Gasteiger partial charge in [-0.05, 0) is 12.2 Å². The van der Waals surface area contributed by atoms with Gasteiger partial charge in [-0.25, -0.2) is 4.98 Å². The highest BCUT2D eigenvalue weighted by Gasteiger charge is 2.31. The molecule has 0 bridgehead atoms. The number of thioether (sulfide) groups is 1. The molecule has 2 rings (SSSR count). The number of aromatic nitrogens is 1. The average Bonchev–Trinajstić information content (AvgIpc) is 2.73. The number of halogens is 1. The molecule has 14 heavy (non-hydrogen) atoms. The average molecular weight is 251 g/mol. The summed E-state index contributed by atoms with van der Waals surface area (Å²) in [5.74, 6) is 2.60.